The number of hydrogen-bond donors (Lipinski definition) is 1. The number of rotatable bonds is 6. The molecule has 1 atom stereocenters. The Morgan fingerprint density at radius 2 is 2.00 bits per heavy atom. The van der Waals surface area contributed by atoms with Crippen LogP contribution in [0.3, 0.4) is 0 Å². The lowest BCUT2D eigenvalue weighted by atomic mass is 10.1. The van der Waals surface area contributed by atoms with Crippen molar-refractivity contribution in [2.45, 2.75) is 18.1 Å². The molecule has 1 aromatic carbocycles. The quantitative estimate of drug-likeness (QED) is 0.690. The van der Waals surface area contributed by atoms with Crippen LogP contribution in [0.2, 0.25) is 0 Å². The van der Waals surface area contributed by atoms with Crippen LogP contribution in [0.25, 0.3) is 11.4 Å². The molecule has 0 aliphatic carbocycles. The molecule has 0 radical (unpaired) electrons. The highest BCUT2D eigenvalue weighted by atomic mass is 32.2. The Morgan fingerprint density at radius 3 is 2.72 bits per heavy atom. The van der Waals surface area contributed by atoms with Gasteiger partial charge in [0.1, 0.15) is 0 Å². The SMILES string of the molecule is C[C@@H](NC(=O)CSc1nnc(-c2cccnc2)n1C)c1ccccc1. The summed E-state index contributed by atoms with van der Waals surface area (Å²) in [5.41, 5.74) is 1.98. The summed E-state index contributed by atoms with van der Waals surface area (Å²) in [5, 5.41) is 12.1. The molecule has 0 aliphatic rings. The molecule has 0 saturated carbocycles. The Morgan fingerprint density at radius 1 is 1.20 bits per heavy atom. The van der Waals surface area contributed by atoms with E-state index in [1.165, 1.54) is 11.8 Å². The fourth-order valence-electron chi connectivity index (χ4n) is 2.43. The molecule has 0 spiro atoms. The number of thioether (sulfide) groups is 1. The molecule has 0 aliphatic heterocycles. The predicted molar refractivity (Wildman–Crippen MR) is 98.0 cm³/mol. The normalized spacial score (nSPS) is 11.9. The Hall–Kier alpha value is -2.67. The van der Waals surface area contributed by atoms with Gasteiger partial charge in [-0.2, -0.15) is 0 Å². The zero-order chi connectivity index (χ0) is 17.6. The first kappa shape index (κ1) is 17.2. The minimum atomic E-state index is -0.0349. The largest absolute Gasteiger partial charge is 0.349 e. The van der Waals surface area contributed by atoms with Gasteiger partial charge in [0.05, 0.1) is 11.8 Å². The number of amides is 1. The van der Waals surface area contributed by atoms with Crippen LogP contribution in [0.5, 0.6) is 0 Å². The third-order valence-corrected chi connectivity index (χ3v) is 4.78. The van der Waals surface area contributed by atoms with E-state index < -0.39 is 0 Å². The van der Waals surface area contributed by atoms with E-state index >= 15 is 0 Å². The lowest BCUT2D eigenvalue weighted by Crippen LogP contribution is -2.28. The van der Waals surface area contributed by atoms with Crippen molar-refractivity contribution in [1.82, 2.24) is 25.1 Å². The van der Waals surface area contributed by atoms with Crippen molar-refractivity contribution in [3.8, 4) is 11.4 Å². The van der Waals surface area contributed by atoms with Gasteiger partial charge in [0.2, 0.25) is 5.91 Å². The summed E-state index contributed by atoms with van der Waals surface area (Å²) < 4.78 is 1.87. The van der Waals surface area contributed by atoms with Gasteiger partial charge >= 0.3 is 0 Å². The highest BCUT2D eigenvalue weighted by Gasteiger charge is 2.14. The van der Waals surface area contributed by atoms with E-state index in [9.17, 15) is 4.79 Å². The molecule has 7 heteroatoms. The van der Waals surface area contributed by atoms with Gasteiger partial charge < -0.3 is 9.88 Å². The molecule has 6 nitrogen and oxygen atoms in total. The molecule has 25 heavy (non-hydrogen) atoms. The van der Waals surface area contributed by atoms with Gasteiger partial charge in [-0.3, -0.25) is 9.78 Å². The standard InChI is InChI=1S/C18H19N5OS/c1-13(14-7-4-3-5-8-14)20-16(24)12-25-18-22-21-17(23(18)2)15-9-6-10-19-11-15/h3-11,13H,12H2,1-2H3,(H,20,24)/t13-/m1/s1. The van der Waals surface area contributed by atoms with E-state index in [2.05, 4.69) is 20.5 Å². The van der Waals surface area contributed by atoms with Crippen molar-refractivity contribution in [2.75, 3.05) is 5.75 Å². The topological polar surface area (TPSA) is 72.7 Å². The second-order valence-electron chi connectivity index (χ2n) is 5.60. The Balaban J connectivity index is 1.59. The van der Waals surface area contributed by atoms with E-state index in [0.29, 0.717) is 5.16 Å². The fourth-order valence-corrected chi connectivity index (χ4v) is 3.15. The number of pyridine rings is 1. The lowest BCUT2D eigenvalue weighted by molar-refractivity contribution is -0.119. The number of aromatic nitrogens is 4. The molecule has 2 heterocycles. The molecule has 0 fully saturated rings. The lowest BCUT2D eigenvalue weighted by Gasteiger charge is -2.13. The first-order chi connectivity index (χ1) is 12.1. The highest BCUT2D eigenvalue weighted by Crippen LogP contribution is 2.22. The smallest absolute Gasteiger partial charge is 0.230 e. The molecular formula is C18H19N5OS. The molecule has 0 bridgehead atoms. The summed E-state index contributed by atoms with van der Waals surface area (Å²) in [7, 11) is 1.88. The van der Waals surface area contributed by atoms with Crippen LogP contribution >= 0.6 is 11.8 Å². The van der Waals surface area contributed by atoms with Crippen molar-refractivity contribution < 1.29 is 4.79 Å². The Labute approximate surface area is 150 Å². The van der Waals surface area contributed by atoms with E-state index in [1.54, 1.807) is 12.4 Å². The third kappa shape index (κ3) is 4.24. The van der Waals surface area contributed by atoms with Gasteiger partial charge in [0, 0.05) is 25.0 Å². The second kappa shape index (κ2) is 7.94. The average molecular weight is 353 g/mol. The Kier molecular flexibility index (Phi) is 5.45. The fraction of sp³-hybridized carbons (Fsp3) is 0.222. The van der Waals surface area contributed by atoms with E-state index in [0.717, 1.165) is 17.0 Å². The molecule has 3 aromatic rings. The first-order valence-electron chi connectivity index (χ1n) is 7.92. The van der Waals surface area contributed by atoms with E-state index in [1.807, 2.05) is 61.0 Å². The van der Waals surface area contributed by atoms with E-state index in [4.69, 9.17) is 0 Å². The van der Waals surface area contributed by atoms with Gasteiger partial charge in [-0.1, -0.05) is 42.1 Å². The summed E-state index contributed by atoms with van der Waals surface area (Å²) in [6.07, 6.45) is 3.46. The van der Waals surface area contributed by atoms with Gasteiger partial charge in [-0.25, -0.2) is 0 Å². The van der Waals surface area contributed by atoms with Crippen molar-refractivity contribution in [3.63, 3.8) is 0 Å². The van der Waals surface area contributed by atoms with Crippen LogP contribution in [0.1, 0.15) is 18.5 Å². The van der Waals surface area contributed by atoms with Crippen LogP contribution in [0, 0.1) is 0 Å². The van der Waals surface area contributed by atoms with Crippen LogP contribution in [-0.2, 0) is 11.8 Å². The summed E-state index contributed by atoms with van der Waals surface area (Å²) in [6, 6.07) is 13.6. The molecule has 1 N–H and O–H groups in total. The first-order valence-corrected chi connectivity index (χ1v) is 8.90. The summed E-state index contributed by atoms with van der Waals surface area (Å²) in [6.45, 7) is 1.97. The second-order valence-corrected chi connectivity index (χ2v) is 6.54. The minimum absolute atomic E-state index is 0.0280. The van der Waals surface area contributed by atoms with Crippen LogP contribution in [0.4, 0.5) is 0 Å². The minimum Gasteiger partial charge on any atom is -0.349 e. The monoisotopic (exact) mass is 353 g/mol. The number of nitrogens with one attached hydrogen (secondary N) is 1. The molecular weight excluding hydrogens is 334 g/mol. The van der Waals surface area contributed by atoms with Crippen molar-refractivity contribution >= 4 is 17.7 Å². The van der Waals surface area contributed by atoms with Gasteiger partial charge in [-0.15, -0.1) is 10.2 Å². The van der Waals surface area contributed by atoms with Gasteiger partial charge in [0.25, 0.3) is 0 Å². The molecule has 1 amide bonds. The van der Waals surface area contributed by atoms with Crippen LogP contribution in [-0.4, -0.2) is 31.4 Å². The number of carbonyl (C=O) groups is 1. The van der Waals surface area contributed by atoms with Crippen LogP contribution in [0.15, 0.2) is 60.0 Å². The van der Waals surface area contributed by atoms with Crippen molar-refractivity contribution in [2.24, 2.45) is 7.05 Å². The van der Waals surface area contributed by atoms with Gasteiger partial charge in [0.15, 0.2) is 11.0 Å². The predicted octanol–water partition coefficient (Wildman–Crippen LogP) is 2.85. The van der Waals surface area contributed by atoms with Crippen LogP contribution < -0.4 is 5.32 Å². The van der Waals surface area contributed by atoms with E-state index in [-0.39, 0.29) is 17.7 Å². The number of benzene rings is 1. The molecule has 0 saturated heterocycles. The highest BCUT2D eigenvalue weighted by molar-refractivity contribution is 7.99. The maximum atomic E-state index is 12.2. The Bertz CT molecular complexity index is 835. The third-order valence-electron chi connectivity index (χ3n) is 3.76. The molecule has 3 rings (SSSR count). The zero-order valence-electron chi connectivity index (χ0n) is 14.1. The number of hydrogen-bond acceptors (Lipinski definition) is 5. The zero-order valence-corrected chi connectivity index (χ0v) is 14.9. The number of nitrogens with zero attached hydrogens (tertiary/aromatic N) is 4. The van der Waals surface area contributed by atoms with Gasteiger partial charge in [-0.05, 0) is 24.6 Å². The molecule has 128 valence electrons. The maximum Gasteiger partial charge on any atom is 0.230 e. The summed E-state index contributed by atoms with van der Waals surface area (Å²) in [4.78, 5) is 16.3. The maximum absolute atomic E-state index is 12.2. The molecule has 2 aromatic heterocycles. The average Bonchev–Trinajstić information content (AvgIpc) is 3.02. The van der Waals surface area contributed by atoms with Crippen molar-refractivity contribution in [3.05, 3.63) is 60.4 Å². The summed E-state index contributed by atoms with van der Waals surface area (Å²) in [5.74, 6) is 0.983. The number of carbonyl (C=O) groups excluding carboxylic acids is 1. The molecule has 0 unspecified atom stereocenters. The van der Waals surface area contributed by atoms with Crippen molar-refractivity contribution in [1.29, 1.82) is 0 Å². The summed E-state index contributed by atoms with van der Waals surface area (Å²) >= 11 is 1.36.